The van der Waals surface area contributed by atoms with Crippen LogP contribution in [0, 0.1) is 11.6 Å². The number of hydrogen-bond donors (Lipinski definition) is 0. The molecule has 1 heterocycles. The molecule has 1 aromatic carbocycles. The van der Waals surface area contributed by atoms with E-state index in [4.69, 9.17) is 16.3 Å². The predicted molar refractivity (Wildman–Crippen MR) is 70.6 cm³/mol. The second kappa shape index (κ2) is 6.76. The van der Waals surface area contributed by atoms with Crippen LogP contribution in [0.4, 0.5) is 8.78 Å². The van der Waals surface area contributed by atoms with Gasteiger partial charge in [0.2, 0.25) is 0 Å². The maximum atomic E-state index is 13.7. The quantitative estimate of drug-likeness (QED) is 0.770. The van der Waals surface area contributed by atoms with Gasteiger partial charge in [-0.2, -0.15) is 0 Å². The molecule has 0 bridgehead atoms. The minimum atomic E-state index is -0.872. The van der Waals surface area contributed by atoms with Crippen molar-refractivity contribution in [3.8, 4) is 0 Å². The molecule has 20 heavy (non-hydrogen) atoms. The van der Waals surface area contributed by atoms with Crippen LogP contribution in [0.25, 0.3) is 0 Å². The topological polar surface area (TPSA) is 39.9 Å². The Morgan fingerprint density at radius 3 is 2.70 bits per heavy atom. The van der Waals surface area contributed by atoms with Gasteiger partial charge in [-0.3, -0.25) is 0 Å². The van der Waals surface area contributed by atoms with Gasteiger partial charge in [0.15, 0.2) is 11.6 Å². The Bertz CT molecular complexity index is 589. The molecule has 2 rings (SSSR count). The third-order valence-corrected chi connectivity index (χ3v) is 3.16. The van der Waals surface area contributed by atoms with Gasteiger partial charge in [0.25, 0.3) is 0 Å². The van der Waals surface area contributed by atoms with E-state index in [1.807, 2.05) is 0 Å². The van der Waals surface area contributed by atoms with E-state index in [0.717, 1.165) is 6.07 Å². The molecule has 108 valence electrons. The molecule has 2 aromatic rings. The smallest absolute Gasteiger partial charge is 0.162 e. The lowest BCUT2D eigenvalue weighted by Crippen LogP contribution is -2.12. The fourth-order valence-corrected chi connectivity index (χ4v) is 2.10. The lowest BCUT2D eigenvalue weighted by atomic mass is 10.1. The molecule has 0 N–H and O–H groups in total. The minimum absolute atomic E-state index is 0.150. The Morgan fingerprint density at radius 2 is 2.00 bits per heavy atom. The van der Waals surface area contributed by atoms with E-state index in [1.54, 1.807) is 11.7 Å². The number of benzene rings is 1. The van der Waals surface area contributed by atoms with Crippen LogP contribution in [-0.2, 0) is 23.6 Å². The third-order valence-electron chi connectivity index (χ3n) is 2.92. The van der Waals surface area contributed by atoms with Crippen molar-refractivity contribution in [2.75, 3.05) is 13.7 Å². The molecular formula is C13H14ClF2N3O. The summed E-state index contributed by atoms with van der Waals surface area (Å²) in [5.74, 6) is -0.426. The fraction of sp³-hybridized carbons (Fsp3) is 0.385. The zero-order valence-electron chi connectivity index (χ0n) is 10.9. The van der Waals surface area contributed by atoms with Crippen molar-refractivity contribution in [2.45, 2.75) is 18.8 Å². The van der Waals surface area contributed by atoms with Gasteiger partial charge in [-0.25, -0.2) is 8.78 Å². The number of hydrogen-bond acceptors (Lipinski definition) is 3. The molecule has 0 fully saturated rings. The molecule has 0 amide bonds. The summed E-state index contributed by atoms with van der Waals surface area (Å²) >= 11 is 5.79. The van der Waals surface area contributed by atoms with Crippen LogP contribution < -0.4 is 0 Å². The van der Waals surface area contributed by atoms with Gasteiger partial charge < -0.3 is 9.30 Å². The van der Waals surface area contributed by atoms with Crippen LogP contribution >= 0.6 is 11.6 Å². The highest BCUT2D eigenvalue weighted by atomic mass is 35.5. The molecule has 0 atom stereocenters. The largest absolute Gasteiger partial charge is 0.383 e. The fourth-order valence-electron chi connectivity index (χ4n) is 1.90. The van der Waals surface area contributed by atoms with Crippen LogP contribution in [0.3, 0.4) is 0 Å². The summed E-state index contributed by atoms with van der Waals surface area (Å²) in [7, 11) is 1.58. The molecule has 1 aromatic heterocycles. The van der Waals surface area contributed by atoms with Gasteiger partial charge in [0, 0.05) is 20.1 Å². The Kier molecular flexibility index (Phi) is 5.03. The summed E-state index contributed by atoms with van der Waals surface area (Å²) in [6.07, 6.45) is 0.150. The maximum absolute atomic E-state index is 13.7. The number of halogens is 3. The Morgan fingerprint density at radius 1 is 1.25 bits per heavy atom. The number of methoxy groups -OCH3 is 1. The summed E-state index contributed by atoms with van der Waals surface area (Å²) < 4.78 is 33.6. The monoisotopic (exact) mass is 301 g/mol. The maximum Gasteiger partial charge on any atom is 0.162 e. The van der Waals surface area contributed by atoms with Crippen molar-refractivity contribution in [3.63, 3.8) is 0 Å². The molecule has 0 spiro atoms. The zero-order valence-corrected chi connectivity index (χ0v) is 11.7. The first-order valence-corrected chi connectivity index (χ1v) is 6.59. The van der Waals surface area contributed by atoms with Crippen molar-refractivity contribution >= 4 is 11.6 Å². The second-order valence-corrected chi connectivity index (χ2v) is 4.47. The van der Waals surface area contributed by atoms with E-state index < -0.39 is 11.6 Å². The Balaban J connectivity index is 2.28. The summed E-state index contributed by atoms with van der Waals surface area (Å²) in [6, 6.07) is 4.07. The van der Waals surface area contributed by atoms with Crippen LogP contribution in [0.15, 0.2) is 18.2 Å². The van der Waals surface area contributed by atoms with E-state index in [1.165, 1.54) is 12.1 Å². The van der Waals surface area contributed by atoms with Gasteiger partial charge in [-0.05, 0) is 11.6 Å². The van der Waals surface area contributed by atoms with Crippen molar-refractivity contribution in [3.05, 3.63) is 47.0 Å². The molecule has 0 aliphatic rings. The first-order valence-electron chi connectivity index (χ1n) is 6.06. The van der Waals surface area contributed by atoms with E-state index >= 15 is 0 Å². The van der Waals surface area contributed by atoms with Crippen molar-refractivity contribution in [1.82, 2.24) is 14.8 Å². The van der Waals surface area contributed by atoms with Gasteiger partial charge in [0.1, 0.15) is 11.6 Å². The number of alkyl halides is 1. The molecule has 4 nitrogen and oxygen atoms in total. The standard InChI is InChI=1S/C13H14ClF2N3O/c1-20-6-5-19-11(17-18-12(19)8-14)7-9-3-2-4-10(15)13(9)16/h2-4H,5-8H2,1H3. The van der Waals surface area contributed by atoms with Gasteiger partial charge in [0.05, 0.1) is 12.5 Å². The molecule has 0 saturated heterocycles. The molecule has 0 aliphatic carbocycles. The van der Waals surface area contributed by atoms with E-state index in [-0.39, 0.29) is 17.9 Å². The lowest BCUT2D eigenvalue weighted by molar-refractivity contribution is 0.185. The van der Waals surface area contributed by atoms with Crippen molar-refractivity contribution in [1.29, 1.82) is 0 Å². The van der Waals surface area contributed by atoms with Gasteiger partial charge in [-0.15, -0.1) is 21.8 Å². The van der Waals surface area contributed by atoms with Crippen LogP contribution in [0.2, 0.25) is 0 Å². The Labute approximate surface area is 120 Å². The van der Waals surface area contributed by atoms with E-state index in [0.29, 0.717) is 24.8 Å². The van der Waals surface area contributed by atoms with E-state index in [9.17, 15) is 8.78 Å². The summed E-state index contributed by atoms with van der Waals surface area (Å²) in [5, 5.41) is 7.93. The molecular weight excluding hydrogens is 288 g/mol. The first-order chi connectivity index (χ1) is 9.67. The molecule has 0 saturated carbocycles. The number of ether oxygens (including phenoxy) is 1. The number of nitrogens with zero attached hydrogens (tertiary/aromatic N) is 3. The SMILES string of the molecule is COCCn1c(CCl)nnc1Cc1cccc(F)c1F. The highest BCUT2D eigenvalue weighted by Crippen LogP contribution is 2.16. The summed E-state index contributed by atoms with van der Waals surface area (Å²) in [4.78, 5) is 0. The van der Waals surface area contributed by atoms with Crippen molar-refractivity contribution in [2.24, 2.45) is 0 Å². The Hall–Kier alpha value is -1.53. The van der Waals surface area contributed by atoms with Crippen LogP contribution in [0.1, 0.15) is 17.2 Å². The molecule has 0 aliphatic heterocycles. The van der Waals surface area contributed by atoms with Crippen LogP contribution in [0.5, 0.6) is 0 Å². The zero-order chi connectivity index (χ0) is 14.5. The summed E-state index contributed by atoms with van der Waals surface area (Å²) in [6.45, 7) is 0.971. The van der Waals surface area contributed by atoms with Gasteiger partial charge >= 0.3 is 0 Å². The molecule has 0 unspecified atom stereocenters. The normalized spacial score (nSPS) is 11.0. The highest BCUT2D eigenvalue weighted by Gasteiger charge is 2.15. The predicted octanol–water partition coefficient (Wildman–Crippen LogP) is 2.53. The minimum Gasteiger partial charge on any atom is -0.383 e. The molecule has 7 heteroatoms. The lowest BCUT2D eigenvalue weighted by Gasteiger charge is -2.09. The average molecular weight is 302 g/mol. The van der Waals surface area contributed by atoms with Crippen molar-refractivity contribution < 1.29 is 13.5 Å². The molecule has 0 radical (unpaired) electrons. The first kappa shape index (κ1) is 14.9. The van der Waals surface area contributed by atoms with Crippen LogP contribution in [-0.4, -0.2) is 28.5 Å². The average Bonchev–Trinajstić information content (AvgIpc) is 2.83. The summed E-state index contributed by atoms with van der Waals surface area (Å²) in [5.41, 5.74) is 0.234. The van der Waals surface area contributed by atoms with Gasteiger partial charge in [-0.1, -0.05) is 12.1 Å². The van der Waals surface area contributed by atoms with E-state index in [2.05, 4.69) is 10.2 Å². The highest BCUT2D eigenvalue weighted by molar-refractivity contribution is 6.16. The number of aromatic nitrogens is 3. The third kappa shape index (κ3) is 3.13. The second-order valence-electron chi connectivity index (χ2n) is 4.20. The number of rotatable bonds is 6.